The summed E-state index contributed by atoms with van der Waals surface area (Å²) in [7, 11) is 0. The van der Waals surface area contributed by atoms with Crippen molar-refractivity contribution >= 4 is 27.5 Å². The zero-order valence-corrected chi connectivity index (χ0v) is 18.0. The lowest BCUT2D eigenvalue weighted by Crippen LogP contribution is -2.28. The van der Waals surface area contributed by atoms with Gasteiger partial charge in [0.1, 0.15) is 5.75 Å². The first-order valence-electron chi connectivity index (χ1n) is 11.5. The Hall–Kier alpha value is -3.60. The molecule has 0 saturated carbocycles. The average Bonchev–Trinajstić information content (AvgIpc) is 3.22. The predicted octanol–water partition coefficient (Wildman–Crippen LogP) is 6.03. The Balaban J connectivity index is 1.36. The first-order chi connectivity index (χ1) is 15.8. The number of aromatic nitrogens is 3. The molecule has 2 aliphatic rings. The molecule has 5 nitrogen and oxygen atoms in total. The largest absolute Gasteiger partial charge is 0.507 e. The molecule has 4 aromatic rings. The van der Waals surface area contributed by atoms with Crippen LogP contribution in [-0.4, -0.2) is 38.3 Å². The van der Waals surface area contributed by atoms with E-state index in [0.717, 1.165) is 41.4 Å². The van der Waals surface area contributed by atoms with E-state index in [1.165, 1.54) is 42.5 Å². The number of nitrogens with zero attached hydrogens (tertiary/aromatic N) is 3. The minimum Gasteiger partial charge on any atom is -0.507 e. The molecule has 0 saturated heterocycles. The molecule has 0 atom stereocenters. The number of allylic oxidation sites excluding steroid dienone is 2. The van der Waals surface area contributed by atoms with Crippen molar-refractivity contribution in [3.63, 3.8) is 0 Å². The lowest BCUT2D eigenvalue weighted by molar-refractivity contribution is 0.353. The van der Waals surface area contributed by atoms with Crippen LogP contribution < -0.4 is 0 Å². The number of aromatic hydroxyl groups is 1. The van der Waals surface area contributed by atoms with E-state index in [1.807, 2.05) is 24.3 Å². The van der Waals surface area contributed by atoms with Gasteiger partial charge in [0, 0.05) is 40.6 Å². The summed E-state index contributed by atoms with van der Waals surface area (Å²) in [5.41, 5.74) is 7.42. The maximum absolute atomic E-state index is 10.2. The lowest BCUT2D eigenvalue weighted by Gasteiger charge is -2.32. The van der Waals surface area contributed by atoms with Gasteiger partial charge in [0.2, 0.25) is 0 Å². The highest BCUT2D eigenvalue weighted by Crippen LogP contribution is 2.34. The third kappa shape index (κ3) is 3.34. The molecule has 0 fully saturated rings. The zero-order valence-electron chi connectivity index (χ0n) is 18.0. The maximum Gasteiger partial charge on any atom is 0.161 e. The predicted molar refractivity (Wildman–Crippen MR) is 129 cm³/mol. The van der Waals surface area contributed by atoms with E-state index in [9.17, 15) is 5.11 Å². The van der Waals surface area contributed by atoms with Crippen molar-refractivity contribution in [3.05, 3.63) is 71.9 Å². The molecule has 5 heteroatoms. The quantitative estimate of drug-likeness (QED) is 0.423. The van der Waals surface area contributed by atoms with Crippen LogP contribution in [-0.2, 0) is 0 Å². The number of para-hydroxylation sites is 1. The van der Waals surface area contributed by atoms with E-state index in [-0.39, 0.29) is 5.75 Å². The second-order valence-corrected chi connectivity index (χ2v) is 8.76. The molecule has 2 aromatic heterocycles. The van der Waals surface area contributed by atoms with Crippen LogP contribution in [0.15, 0.2) is 66.4 Å². The van der Waals surface area contributed by atoms with Gasteiger partial charge >= 0.3 is 0 Å². The van der Waals surface area contributed by atoms with Crippen LogP contribution in [0.3, 0.4) is 0 Å². The Morgan fingerprint density at radius 1 is 0.906 bits per heavy atom. The van der Waals surface area contributed by atoms with E-state index >= 15 is 0 Å². The number of H-pyrrole nitrogens is 1. The van der Waals surface area contributed by atoms with Crippen LogP contribution >= 0.6 is 0 Å². The number of phenolic OH excluding ortho intramolecular Hbond substituents is 1. The minimum absolute atomic E-state index is 0.215. The molecule has 160 valence electrons. The van der Waals surface area contributed by atoms with Gasteiger partial charge in [-0.05, 0) is 73.6 Å². The smallest absolute Gasteiger partial charge is 0.161 e. The molecule has 2 N–H and O–H groups in total. The van der Waals surface area contributed by atoms with E-state index in [4.69, 9.17) is 0 Å². The molecule has 1 aliphatic carbocycles. The topological polar surface area (TPSA) is 65.0 Å². The fourth-order valence-electron chi connectivity index (χ4n) is 5.02. The molecule has 1 aliphatic heterocycles. The molecule has 0 amide bonds. The highest BCUT2D eigenvalue weighted by molar-refractivity contribution is 6.07. The number of fused-ring (bicyclic) bond motifs is 3. The van der Waals surface area contributed by atoms with Gasteiger partial charge in [0.25, 0.3) is 0 Å². The Morgan fingerprint density at radius 3 is 2.66 bits per heavy atom. The SMILES string of the molecule is Oc1ccccc1-c1cc2c(nn1)[nH]c1ccc(C3=CCN(C4=CCCCC4)CC3)cc12. The van der Waals surface area contributed by atoms with Crippen molar-refractivity contribution in [3.8, 4) is 17.0 Å². The van der Waals surface area contributed by atoms with Crippen LogP contribution in [0, 0.1) is 0 Å². The normalized spacial score (nSPS) is 16.9. The van der Waals surface area contributed by atoms with Crippen molar-refractivity contribution in [2.24, 2.45) is 0 Å². The second kappa shape index (κ2) is 7.83. The summed E-state index contributed by atoms with van der Waals surface area (Å²) in [6.45, 7) is 2.09. The average molecular weight is 423 g/mol. The lowest BCUT2D eigenvalue weighted by atomic mass is 9.96. The highest BCUT2D eigenvalue weighted by atomic mass is 16.3. The number of rotatable bonds is 3. The van der Waals surface area contributed by atoms with Crippen LogP contribution in [0.5, 0.6) is 5.75 Å². The number of aromatic amines is 1. The molecular formula is C27H26N4O. The van der Waals surface area contributed by atoms with Crippen LogP contribution in [0.25, 0.3) is 38.8 Å². The Morgan fingerprint density at radius 2 is 1.84 bits per heavy atom. The monoisotopic (exact) mass is 422 g/mol. The Kier molecular flexibility index (Phi) is 4.67. The van der Waals surface area contributed by atoms with Gasteiger partial charge in [-0.15, -0.1) is 10.2 Å². The standard InChI is InChI=1S/C27H26N4O/c32-26-9-5-4-8-21(26)25-17-23-22-16-19(10-11-24(22)28-27(23)30-29-25)18-12-14-31(15-13-18)20-6-2-1-3-7-20/h4-6,8-12,16-17,32H,1-3,7,13-15H2,(H,28,30). The summed E-state index contributed by atoms with van der Waals surface area (Å²) in [6.07, 6.45) is 11.0. The van der Waals surface area contributed by atoms with E-state index in [1.54, 1.807) is 6.07 Å². The number of phenols is 1. The van der Waals surface area contributed by atoms with Crippen molar-refractivity contribution in [1.29, 1.82) is 0 Å². The van der Waals surface area contributed by atoms with Gasteiger partial charge in [-0.25, -0.2) is 0 Å². The first-order valence-corrected chi connectivity index (χ1v) is 11.5. The Labute approximate surface area is 187 Å². The van der Waals surface area contributed by atoms with Crippen LogP contribution in [0.4, 0.5) is 0 Å². The number of hydrogen-bond acceptors (Lipinski definition) is 4. The van der Waals surface area contributed by atoms with E-state index in [2.05, 4.69) is 50.4 Å². The molecular weight excluding hydrogens is 396 g/mol. The van der Waals surface area contributed by atoms with Gasteiger partial charge in [0.15, 0.2) is 5.65 Å². The van der Waals surface area contributed by atoms with E-state index < -0.39 is 0 Å². The maximum atomic E-state index is 10.2. The molecule has 0 unspecified atom stereocenters. The summed E-state index contributed by atoms with van der Waals surface area (Å²) in [4.78, 5) is 5.92. The summed E-state index contributed by atoms with van der Waals surface area (Å²) < 4.78 is 0. The van der Waals surface area contributed by atoms with Crippen molar-refractivity contribution < 1.29 is 5.11 Å². The van der Waals surface area contributed by atoms with Crippen LogP contribution in [0.1, 0.15) is 37.7 Å². The summed E-state index contributed by atoms with van der Waals surface area (Å²) in [5, 5.41) is 21.1. The molecule has 0 radical (unpaired) electrons. The van der Waals surface area contributed by atoms with Gasteiger partial charge in [-0.3, -0.25) is 0 Å². The van der Waals surface area contributed by atoms with Gasteiger partial charge < -0.3 is 15.0 Å². The molecule has 0 spiro atoms. The highest BCUT2D eigenvalue weighted by Gasteiger charge is 2.18. The van der Waals surface area contributed by atoms with E-state index in [0.29, 0.717) is 11.3 Å². The molecule has 3 heterocycles. The zero-order chi connectivity index (χ0) is 21.5. The number of hydrogen-bond donors (Lipinski definition) is 2. The van der Waals surface area contributed by atoms with Crippen LogP contribution in [0.2, 0.25) is 0 Å². The summed E-state index contributed by atoms with van der Waals surface area (Å²) in [6, 6.07) is 15.9. The molecule has 6 rings (SSSR count). The van der Waals surface area contributed by atoms with Crippen molar-refractivity contribution in [1.82, 2.24) is 20.1 Å². The van der Waals surface area contributed by atoms with Crippen molar-refractivity contribution in [2.75, 3.05) is 13.1 Å². The van der Waals surface area contributed by atoms with Gasteiger partial charge in [-0.1, -0.05) is 30.4 Å². The molecule has 32 heavy (non-hydrogen) atoms. The second-order valence-electron chi connectivity index (χ2n) is 8.76. The minimum atomic E-state index is 0.215. The van der Waals surface area contributed by atoms with Gasteiger partial charge in [0.05, 0.1) is 5.69 Å². The summed E-state index contributed by atoms with van der Waals surface area (Å²) >= 11 is 0. The van der Waals surface area contributed by atoms with Gasteiger partial charge in [-0.2, -0.15) is 0 Å². The molecule has 2 aromatic carbocycles. The Bertz CT molecular complexity index is 1380. The van der Waals surface area contributed by atoms with Crippen molar-refractivity contribution in [2.45, 2.75) is 32.1 Å². The summed E-state index contributed by atoms with van der Waals surface area (Å²) in [5.74, 6) is 0.215. The fraction of sp³-hybridized carbons (Fsp3) is 0.259. The first kappa shape index (κ1) is 19.1. The fourth-order valence-corrected chi connectivity index (χ4v) is 5.02. The molecule has 0 bridgehead atoms. The third-order valence-corrected chi connectivity index (χ3v) is 6.79. The number of nitrogens with one attached hydrogen (secondary N) is 1. The third-order valence-electron chi connectivity index (χ3n) is 6.79. The number of benzene rings is 2.